The SMILES string of the molecule is O=C(NCC#CCOc1ccccc1F)c1ccc2nc[nH]c2c1. The van der Waals surface area contributed by atoms with Gasteiger partial charge in [-0.1, -0.05) is 24.0 Å². The maximum absolute atomic E-state index is 13.3. The van der Waals surface area contributed by atoms with Gasteiger partial charge >= 0.3 is 0 Å². The zero-order valence-corrected chi connectivity index (χ0v) is 12.7. The van der Waals surface area contributed by atoms with E-state index in [1.807, 2.05) is 0 Å². The quantitative estimate of drug-likeness (QED) is 0.725. The summed E-state index contributed by atoms with van der Waals surface area (Å²) in [5.41, 5.74) is 2.12. The minimum Gasteiger partial charge on any atom is -0.478 e. The number of hydrogen-bond donors (Lipinski definition) is 2. The van der Waals surface area contributed by atoms with Gasteiger partial charge in [-0.25, -0.2) is 9.37 Å². The number of para-hydroxylation sites is 1. The number of imidazole rings is 1. The standard InChI is InChI=1S/C18H14FN3O2/c19-14-5-1-2-6-17(14)24-10-4-3-9-20-18(23)13-7-8-15-16(11-13)22-12-21-15/h1-2,5-8,11-12H,9-10H2,(H,20,23)(H,21,22). The minimum atomic E-state index is -0.429. The van der Waals surface area contributed by atoms with Crippen molar-refractivity contribution in [3.05, 3.63) is 60.2 Å². The van der Waals surface area contributed by atoms with E-state index in [1.54, 1.807) is 36.7 Å². The number of hydrogen-bond acceptors (Lipinski definition) is 3. The highest BCUT2D eigenvalue weighted by atomic mass is 19.1. The number of carbonyl (C=O) groups excluding carboxylic acids is 1. The normalized spacial score (nSPS) is 10.0. The highest BCUT2D eigenvalue weighted by molar-refractivity contribution is 5.97. The minimum absolute atomic E-state index is 0.0525. The number of amides is 1. The molecule has 2 aromatic carbocycles. The predicted octanol–water partition coefficient (Wildman–Crippen LogP) is 2.51. The molecule has 120 valence electrons. The van der Waals surface area contributed by atoms with Crippen molar-refractivity contribution < 1.29 is 13.9 Å². The van der Waals surface area contributed by atoms with Crippen molar-refractivity contribution in [2.45, 2.75) is 0 Å². The Kier molecular flexibility index (Phi) is 4.73. The summed E-state index contributed by atoms with van der Waals surface area (Å²) < 4.78 is 18.5. The first kappa shape index (κ1) is 15.6. The molecule has 3 rings (SSSR count). The number of nitrogens with zero attached hydrogens (tertiary/aromatic N) is 1. The number of benzene rings is 2. The molecular formula is C18H14FN3O2. The lowest BCUT2D eigenvalue weighted by Gasteiger charge is -2.02. The zero-order chi connectivity index (χ0) is 16.8. The van der Waals surface area contributed by atoms with Crippen LogP contribution in [0.1, 0.15) is 10.4 Å². The largest absolute Gasteiger partial charge is 0.478 e. The number of carbonyl (C=O) groups is 1. The average molecular weight is 323 g/mol. The fourth-order valence-corrected chi connectivity index (χ4v) is 2.09. The van der Waals surface area contributed by atoms with Gasteiger partial charge in [-0.15, -0.1) is 0 Å². The Balaban J connectivity index is 1.48. The van der Waals surface area contributed by atoms with Crippen molar-refractivity contribution in [1.82, 2.24) is 15.3 Å². The van der Waals surface area contributed by atoms with Gasteiger partial charge in [-0.05, 0) is 30.3 Å². The molecule has 5 nitrogen and oxygen atoms in total. The van der Waals surface area contributed by atoms with Gasteiger partial charge in [0.05, 0.1) is 23.9 Å². The summed E-state index contributed by atoms with van der Waals surface area (Å²) in [6.45, 7) is 0.234. The Labute approximate surface area is 137 Å². The Morgan fingerprint density at radius 3 is 3.00 bits per heavy atom. The maximum Gasteiger partial charge on any atom is 0.252 e. The summed E-state index contributed by atoms with van der Waals surface area (Å²) >= 11 is 0. The molecule has 0 unspecified atom stereocenters. The van der Waals surface area contributed by atoms with Gasteiger partial charge in [-0.2, -0.15) is 0 Å². The summed E-state index contributed by atoms with van der Waals surface area (Å²) in [6, 6.07) is 11.3. The summed E-state index contributed by atoms with van der Waals surface area (Å²) in [4.78, 5) is 19.1. The molecule has 3 aromatic rings. The number of halogens is 1. The molecule has 0 aliphatic rings. The van der Waals surface area contributed by atoms with Crippen LogP contribution >= 0.6 is 0 Å². The maximum atomic E-state index is 13.3. The summed E-state index contributed by atoms with van der Waals surface area (Å²) in [5.74, 6) is 4.98. The first-order chi connectivity index (χ1) is 11.7. The van der Waals surface area contributed by atoms with Crippen molar-refractivity contribution in [2.75, 3.05) is 13.2 Å². The Morgan fingerprint density at radius 2 is 2.12 bits per heavy atom. The number of ether oxygens (including phenoxy) is 1. The van der Waals surface area contributed by atoms with Crippen LogP contribution in [0, 0.1) is 17.7 Å². The molecule has 0 radical (unpaired) electrons. The Morgan fingerprint density at radius 1 is 1.25 bits per heavy atom. The lowest BCUT2D eigenvalue weighted by atomic mass is 10.2. The van der Waals surface area contributed by atoms with Crippen molar-refractivity contribution in [3.8, 4) is 17.6 Å². The van der Waals surface area contributed by atoms with Crippen LogP contribution in [-0.4, -0.2) is 29.0 Å². The third-order valence-electron chi connectivity index (χ3n) is 3.28. The molecule has 0 aliphatic carbocycles. The molecule has 6 heteroatoms. The van der Waals surface area contributed by atoms with Gasteiger partial charge in [0.15, 0.2) is 11.6 Å². The van der Waals surface area contributed by atoms with E-state index in [9.17, 15) is 9.18 Å². The van der Waals surface area contributed by atoms with Gasteiger partial charge in [0.25, 0.3) is 5.91 Å². The first-order valence-electron chi connectivity index (χ1n) is 7.28. The van der Waals surface area contributed by atoms with E-state index < -0.39 is 5.82 Å². The lowest BCUT2D eigenvalue weighted by molar-refractivity contribution is 0.0959. The van der Waals surface area contributed by atoms with E-state index in [0.29, 0.717) is 5.56 Å². The predicted molar refractivity (Wildman–Crippen MR) is 88.1 cm³/mol. The molecule has 0 spiro atoms. The van der Waals surface area contributed by atoms with Crippen molar-refractivity contribution in [3.63, 3.8) is 0 Å². The van der Waals surface area contributed by atoms with Crippen LogP contribution in [0.2, 0.25) is 0 Å². The van der Waals surface area contributed by atoms with Crippen LogP contribution in [0.4, 0.5) is 4.39 Å². The van der Waals surface area contributed by atoms with Crippen LogP contribution in [0.3, 0.4) is 0 Å². The molecule has 0 saturated carbocycles. The third-order valence-corrected chi connectivity index (χ3v) is 3.28. The molecule has 1 heterocycles. The van der Waals surface area contributed by atoms with Crippen LogP contribution in [0.25, 0.3) is 11.0 Å². The number of fused-ring (bicyclic) bond motifs is 1. The van der Waals surface area contributed by atoms with Crippen molar-refractivity contribution >= 4 is 16.9 Å². The highest BCUT2D eigenvalue weighted by Gasteiger charge is 2.06. The second-order valence-electron chi connectivity index (χ2n) is 4.89. The number of nitrogens with one attached hydrogen (secondary N) is 2. The molecule has 2 N–H and O–H groups in total. The van der Waals surface area contributed by atoms with Gasteiger partial charge < -0.3 is 15.0 Å². The number of aromatic nitrogens is 2. The number of aromatic amines is 1. The molecule has 0 atom stereocenters. The van der Waals surface area contributed by atoms with E-state index >= 15 is 0 Å². The van der Waals surface area contributed by atoms with Crippen LogP contribution in [-0.2, 0) is 0 Å². The average Bonchev–Trinajstić information content (AvgIpc) is 3.07. The molecule has 1 aromatic heterocycles. The Bertz CT molecular complexity index is 924. The van der Waals surface area contributed by atoms with E-state index in [-0.39, 0.29) is 24.8 Å². The van der Waals surface area contributed by atoms with E-state index in [0.717, 1.165) is 11.0 Å². The Hall–Kier alpha value is -3.33. The molecule has 0 saturated heterocycles. The van der Waals surface area contributed by atoms with Crippen LogP contribution in [0.15, 0.2) is 48.8 Å². The van der Waals surface area contributed by atoms with Crippen LogP contribution < -0.4 is 10.1 Å². The number of rotatable bonds is 4. The zero-order valence-electron chi connectivity index (χ0n) is 12.7. The van der Waals surface area contributed by atoms with E-state index in [2.05, 4.69) is 27.1 Å². The van der Waals surface area contributed by atoms with Gasteiger partial charge in [-0.3, -0.25) is 4.79 Å². The van der Waals surface area contributed by atoms with Gasteiger partial charge in [0.1, 0.15) is 6.61 Å². The van der Waals surface area contributed by atoms with Gasteiger partial charge in [0.2, 0.25) is 0 Å². The summed E-state index contributed by atoms with van der Waals surface area (Å²) in [5, 5.41) is 2.69. The second-order valence-corrected chi connectivity index (χ2v) is 4.89. The van der Waals surface area contributed by atoms with Crippen molar-refractivity contribution in [2.24, 2.45) is 0 Å². The van der Waals surface area contributed by atoms with Crippen molar-refractivity contribution in [1.29, 1.82) is 0 Å². The third kappa shape index (κ3) is 3.70. The molecule has 0 bridgehead atoms. The summed E-state index contributed by atoms with van der Waals surface area (Å²) in [7, 11) is 0. The van der Waals surface area contributed by atoms with Gasteiger partial charge in [0, 0.05) is 5.56 Å². The monoisotopic (exact) mass is 323 g/mol. The molecule has 1 amide bonds. The fourth-order valence-electron chi connectivity index (χ4n) is 2.09. The molecule has 0 aliphatic heterocycles. The molecule has 0 fully saturated rings. The molecular weight excluding hydrogens is 309 g/mol. The highest BCUT2D eigenvalue weighted by Crippen LogP contribution is 2.14. The summed E-state index contributed by atoms with van der Waals surface area (Å²) in [6.07, 6.45) is 1.58. The van der Waals surface area contributed by atoms with E-state index in [4.69, 9.17) is 4.74 Å². The fraction of sp³-hybridized carbons (Fsp3) is 0.111. The topological polar surface area (TPSA) is 67.0 Å². The van der Waals surface area contributed by atoms with E-state index in [1.165, 1.54) is 12.1 Å². The first-order valence-corrected chi connectivity index (χ1v) is 7.28. The molecule has 24 heavy (non-hydrogen) atoms. The smallest absolute Gasteiger partial charge is 0.252 e. The van der Waals surface area contributed by atoms with Crippen LogP contribution in [0.5, 0.6) is 5.75 Å². The lowest BCUT2D eigenvalue weighted by Crippen LogP contribution is -2.23. The second kappa shape index (κ2) is 7.29. The number of H-pyrrole nitrogens is 1.